The minimum atomic E-state index is -0.0524. The van der Waals surface area contributed by atoms with Crippen molar-refractivity contribution in [2.75, 3.05) is 12.9 Å². The molecule has 1 aromatic heterocycles. The number of ether oxygens (including phenoxy) is 1. The van der Waals surface area contributed by atoms with E-state index in [4.69, 9.17) is 14.9 Å². The lowest BCUT2D eigenvalue weighted by atomic mass is 10.1. The summed E-state index contributed by atoms with van der Waals surface area (Å²) in [5.74, 6) is 2.43. The van der Waals surface area contributed by atoms with Gasteiger partial charge in [0.15, 0.2) is 0 Å². The predicted octanol–water partition coefficient (Wildman–Crippen LogP) is 3.09. The summed E-state index contributed by atoms with van der Waals surface area (Å²) in [6.45, 7) is 3.85. The second kappa shape index (κ2) is 6.12. The van der Waals surface area contributed by atoms with Gasteiger partial charge in [-0.1, -0.05) is 23.9 Å². The van der Waals surface area contributed by atoms with Crippen LogP contribution in [0.5, 0.6) is 5.75 Å². The Morgan fingerprint density at radius 1 is 1.32 bits per heavy atom. The first-order chi connectivity index (χ1) is 9.10. The van der Waals surface area contributed by atoms with Crippen LogP contribution in [0.3, 0.4) is 0 Å². The average Bonchev–Trinajstić information content (AvgIpc) is 2.75. The van der Waals surface area contributed by atoms with Crippen molar-refractivity contribution in [3.63, 3.8) is 0 Å². The number of benzene rings is 1. The van der Waals surface area contributed by atoms with Crippen molar-refractivity contribution in [2.45, 2.75) is 25.1 Å². The lowest BCUT2D eigenvalue weighted by Gasteiger charge is -2.10. The zero-order valence-electron chi connectivity index (χ0n) is 11.3. The van der Waals surface area contributed by atoms with Crippen molar-refractivity contribution in [1.82, 2.24) is 4.98 Å². The molecule has 0 bridgehead atoms. The van der Waals surface area contributed by atoms with Crippen molar-refractivity contribution < 1.29 is 9.15 Å². The van der Waals surface area contributed by atoms with Gasteiger partial charge in [0.1, 0.15) is 11.5 Å². The number of hydrogen-bond donors (Lipinski definition) is 1. The Bertz CT molecular complexity index is 517. The van der Waals surface area contributed by atoms with Crippen LogP contribution in [0, 0.1) is 13.8 Å². The molecule has 0 aliphatic rings. The molecular formula is C14H18N2O2S. The van der Waals surface area contributed by atoms with Crippen LogP contribution in [-0.4, -0.2) is 17.8 Å². The highest BCUT2D eigenvalue weighted by molar-refractivity contribution is 7.99. The summed E-state index contributed by atoms with van der Waals surface area (Å²) in [6.07, 6.45) is 0. The van der Waals surface area contributed by atoms with Crippen LogP contribution >= 0.6 is 11.8 Å². The lowest BCUT2D eigenvalue weighted by Crippen LogP contribution is -2.12. The second-order valence-electron chi connectivity index (χ2n) is 4.31. The average molecular weight is 278 g/mol. The molecule has 0 spiro atoms. The first-order valence-electron chi connectivity index (χ1n) is 6.06. The molecular weight excluding hydrogens is 260 g/mol. The van der Waals surface area contributed by atoms with E-state index in [-0.39, 0.29) is 6.04 Å². The Balaban J connectivity index is 1.94. The maximum absolute atomic E-state index is 6.15. The molecule has 5 heteroatoms. The van der Waals surface area contributed by atoms with Crippen molar-refractivity contribution >= 4 is 11.8 Å². The minimum Gasteiger partial charge on any atom is -0.497 e. The first-order valence-corrected chi connectivity index (χ1v) is 7.05. The monoisotopic (exact) mass is 278 g/mol. The molecule has 19 heavy (non-hydrogen) atoms. The molecule has 0 aliphatic heterocycles. The molecule has 0 aliphatic carbocycles. The molecule has 1 unspecified atom stereocenters. The maximum Gasteiger partial charge on any atom is 0.256 e. The number of thioether (sulfide) groups is 1. The second-order valence-corrected chi connectivity index (χ2v) is 5.28. The van der Waals surface area contributed by atoms with Crippen molar-refractivity contribution in [3.8, 4) is 5.75 Å². The normalized spacial score (nSPS) is 12.4. The van der Waals surface area contributed by atoms with E-state index in [0.717, 1.165) is 28.5 Å². The van der Waals surface area contributed by atoms with E-state index < -0.39 is 0 Å². The van der Waals surface area contributed by atoms with Gasteiger partial charge in [-0.25, -0.2) is 4.98 Å². The van der Waals surface area contributed by atoms with E-state index in [2.05, 4.69) is 4.98 Å². The lowest BCUT2D eigenvalue weighted by molar-refractivity contribution is 0.414. The van der Waals surface area contributed by atoms with E-state index in [1.165, 1.54) is 11.8 Å². The van der Waals surface area contributed by atoms with Crippen LogP contribution in [0.1, 0.15) is 23.1 Å². The molecule has 0 saturated heterocycles. The highest BCUT2D eigenvalue weighted by atomic mass is 32.2. The Hall–Kier alpha value is -1.46. The highest BCUT2D eigenvalue weighted by Crippen LogP contribution is 2.25. The van der Waals surface area contributed by atoms with Gasteiger partial charge in [-0.3, -0.25) is 0 Å². The first kappa shape index (κ1) is 14.0. The third-order valence-electron chi connectivity index (χ3n) is 2.94. The van der Waals surface area contributed by atoms with E-state index in [1.54, 1.807) is 7.11 Å². The summed E-state index contributed by atoms with van der Waals surface area (Å²) in [4.78, 5) is 4.32. The Kier molecular flexibility index (Phi) is 4.50. The van der Waals surface area contributed by atoms with Gasteiger partial charge < -0.3 is 14.9 Å². The van der Waals surface area contributed by atoms with E-state index in [0.29, 0.717) is 5.22 Å². The quantitative estimate of drug-likeness (QED) is 0.852. The molecule has 2 N–H and O–H groups in total. The van der Waals surface area contributed by atoms with Gasteiger partial charge in [0, 0.05) is 11.8 Å². The van der Waals surface area contributed by atoms with Gasteiger partial charge in [0.05, 0.1) is 12.8 Å². The van der Waals surface area contributed by atoms with Gasteiger partial charge in [0.2, 0.25) is 0 Å². The Labute approximate surface area is 117 Å². The van der Waals surface area contributed by atoms with Gasteiger partial charge >= 0.3 is 0 Å². The Morgan fingerprint density at radius 2 is 2.00 bits per heavy atom. The molecule has 0 radical (unpaired) electrons. The molecule has 1 heterocycles. The molecule has 0 fully saturated rings. The number of oxazole rings is 1. The maximum atomic E-state index is 6.15. The van der Waals surface area contributed by atoms with Crippen LogP contribution < -0.4 is 10.5 Å². The number of methoxy groups -OCH3 is 1. The van der Waals surface area contributed by atoms with Crippen LogP contribution in [0.15, 0.2) is 33.9 Å². The molecule has 4 nitrogen and oxygen atoms in total. The Morgan fingerprint density at radius 3 is 2.53 bits per heavy atom. The smallest absolute Gasteiger partial charge is 0.256 e. The van der Waals surface area contributed by atoms with E-state index in [9.17, 15) is 0 Å². The standard InChI is InChI=1S/C14H18N2O2S/c1-9-10(2)18-14(16-9)19-8-13(15)11-4-6-12(17-3)7-5-11/h4-7,13H,8,15H2,1-3H3. The molecule has 102 valence electrons. The number of aryl methyl sites for hydroxylation is 2. The molecule has 2 aromatic rings. The summed E-state index contributed by atoms with van der Waals surface area (Å²) in [7, 11) is 1.65. The van der Waals surface area contributed by atoms with Crippen LogP contribution in [0.2, 0.25) is 0 Å². The molecule has 0 saturated carbocycles. The van der Waals surface area contributed by atoms with E-state index >= 15 is 0 Å². The van der Waals surface area contributed by atoms with Crippen LogP contribution in [-0.2, 0) is 0 Å². The van der Waals surface area contributed by atoms with Gasteiger partial charge in [-0.2, -0.15) is 0 Å². The number of rotatable bonds is 5. The summed E-state index contributed by atoms with van der Waals surface area (Å²) >= 11 is 1.53. The fourth-order valence-corrected chi connectivity index (χ4v) is 2.51. The predicted molar refractivity (Wildman–Crippen MR) is 76.6 cm³/mol. The largest absolute Gasteiger partial charge is 0.497 e. The SMILES string of the molecule is COc1ccc(C(N)CSc2nc(C)c(C)o2)cc1. The van der Waals surface area contributed by atoms with Crippen molar-refractivity contribution in [2.24, 2.45) is 5.73 Å². The van der Waals surface area contributed by atoms with Gasteiger partial charge in [0.25, 0.3) is 5.22 Å². The number of aromatic nitrogens is 1. The molecule has 2 rings (SSSR count). The van der Waals surface area contributed by atoms with Gasteiger partial charge in [-0.05, 0) is 31.5 Å². The third-order valence-corrected chi connectivity index (χ3v) is 3.89. The number of hydrogen-bond acceptors (Lipinski definition) is 5. The summed E-state index contributed by atoms with van der Waals surface area (Å²) < 4.78 is 10.6. The van der Waals surface area contributed by atoms with Crippen LogP contribution in [0.25, 0.3) is 0 Å². The minimum absolute atomic E-state index is 0.0524. The van der Waals surface area contributed by atoms with Gasteiger partial charge in [-0.15, -0.1) is 0 Å². The highest BCUT2D eigenvalue weighted by Gasteiger charge is 2.11. The summed E-state index contributed by atoms with van der Waals surface area (Å²) in [5, 5.41) is 0.680. The third kappa shape index (κ3) is 3.52. The zero-order valence-corrected chi connectivity index (χ0v) is 12.2. The summed E-state index contributed by atoms with van der Waals surface area (Å²) in [5.41, 5.74) is 8.16. The topological polar surface area (TPSA) is 61.3 Å². The fraction of sp³-hybridized carbons (Fsp3) is 0.357. The molecule has 1 aromatic carbocycles. The zero-order chi connectivity index (χ0) is 13.8. The van der Waals surface area contributed by atoms with Crippen molar-refractivity contribution in [1.29, 1.82) is 0 Å². The fourth-order valence-electron chi connectivity index (χ4n) is 1.61. The van der Waals surface area contributed by atoms with Crippen LogP contribution in [0.4, 0.5) is 0 Å². The van der Waals surface area contributed by atoms with Crippen molar-refractivity contribution in [3.05, 3.63) is 41.3 Å². The molecule has 0 amide bonds. The number of nitrogens with two attached hydrogens (primary N) is 1. The summed E-state index contributed by atoms with van der Waals surface area (Å²) in [6, 6.07) is 7.74. The number of nitrogens with zero attached hydrogens (tertiary/aromatic N) is 1. The molecule has 1 atom stereocenters. The van der Waals surface area contributed by atoms with E-state index in [1.807, 2.05) is 38.1 Å².